The number of hydrogen-bond donors (Lipinski definition) is 4. The Morgan fingerprint density at radius 2 is 1.91 bits per heavy atom. The molecule has 7 heteroatoms. The number of nitrogens with two attached hydrogens (primary N) is 1. The molecule has 0 aliphatic carbocycles. The van der Waals surface area contributed by atoms with Crippen LogP contribution in [0.5, 0.6) is 5.75 Å². The van der Waals surface area contributed by atoms with E-state index in [4.69, 9.17) is 5.73 Å². The third kappa shape index (κ3) is 6.78. The van der Waals surface area contributed by atoms with Crippen molar-refractivity contribution in [1.29, 1.82) is 0 Å². The molecule has 0 aliphatic heterocycles. The van der Waals surface area contributed by atoms with Crippen LogP contribution in [0.2, 0.25) is 0 Å². The van der Waals surface area contributed by atoms with E-state index in [1.165, 1.54) is 0 Å². The summed E-state index contributed by atoms with van der Waals surface area (Å²) in [6, 6.07) is 18.0. The monoisotopic (exact) mass is 448 g/mol. The zero-order valence-corrected chi connectivity index (χ0v) is 19.3. The number of phenols is 1. The lowest BCUT2D eigenvalue weighted by Gasteiger charge is -2.28. The first-order valence-corrected chi connectivity index (χ1v) is 10.9. The fourth-order valence-electron chi connectivity index (χ4n) is 3.68. The molecule has 0 saturated heterocycles. The summed E-state index contributed by atoms with van der Waals surface area (Å²) < 4.78 is 0. The maximum absolute atomic E-state index is 13.0. The second-order valence-corrected chi connectivity index (χ2v) is 8.96. The summed E-state index contributed by atoms with van der Waals surface area (Å²) in [5.41, 5.74) is 8.30. The minimum absolute atomic E-state index is 0.114. The molecule has 174 valence electrons. The molecule has 0 fully saturated rings. The van der Waals surface area contributed by atoms with Crippen LogP contribution in [-0.2, 0) is 13.0 Å². The van der Waals surface area contributed by atoms with E-state index in [1.54, 1.807) is 54.5 Å². The fraction of sp³-hybridized carbons (Fsp3) is 0.308. The molecular formula is C26H32N4O3. The summed E-state index contributed by atoms with van der Waals surface area (Å²) in [4.78, 5) is 18.6. The summed E-state index contributed by atoms with van der Waals surface area (Å²) in [5.74, 6) is 0.479. The van der Waals surface area contributed by atoms with Gasteiger partial charge >= 0.3 is 0 Å². The summed E-state index contributed by atoms with van der Waals surface area (Å²) in [7, 11) is 1.72. The third-order valence-corrected chi connectivity index (χ3v) is 5.53. The fourth-order valence-corrected chi connectivity index (χ4v) is 3.68. The van der Waals surface area contributed by atoms with E-state index >= 15 is 0 Å². The summed E-state index contributed by atoms with van der Waals surface area (Å²) in [5, 5.41) is 23.8. The highest BCUT2D eigenvalue weighted by atomic mass is 16.3. The van der Waals surface area contributed by atoms with Gasteiger partial charge in [-0.15, -0.1) is 0 Å². The number of nitrogens with zero attached hydrogens (tertiary/aromatic N) is 2. The van der Waals surface area contributed by atoms with Gasteiger partial charge in [0.2, 0.25) is 0 Å². The van der Waals surface area contributed by atoms with Gasteiger partial charge < -0.3 is 26.2 Å². The van der Waals surface area contributed by atoms with Crippen LogP contribution in [-0.4, -0.2) is 45.1 Å². The van der Waals surface area contributed by atoms with Gasteiger partial charge in [0.25, 0.3) is 5.91 Å². The Hall–Kier alpha value is -3.42. The standard InChI is InChI=1S/C26H32N4O3/c1-26(2,29-16-23(32)20-11-12-24(27)28-15-20)14-18-7-6-9-19(13-18)25(33)30(3)17-21-8-4-5-10-22(21)31/h4-13,15,23,29,31-32H,14,16-17H2,1-3H3,(H2,27,28)/t23-/m1/s1. The van der Waals surface area contributed by atoms with E-state index in [0.717, 1.165) is 5.56 Å². The number of aromatic hydroxyl groups is 1. The highest BCUT2D eigenvalue weighted by molar-refractivity contribution is 5.94. The van der Waals surface area contributed by atoms with Gasteiger partial charge in [0.15, 0.2) is 0 Å². The highest BCUT2D eigenvalue weighted by Crippen LogP contribution is 2.20. The van der Waals surface area contributed by atoms with Gasteiger partial charge in [0.1, 0.15) is 11.6 Å². The number of carbonyl (C=O) groups excluding carboxylic acids is 1. The maximum Gasteiger partial charge on any atom is 0.253 e. The smallest absolute Gasteiger partial charge is 0.253 e. The average molecular weight is 449 g/mol. The normalized spacial score (nSPS) is 12.4. The Morgan fingerprint density at radius 1 is 1.15 bits per heavy atom. The average Bonchev–Trinajstić information content (AvgIpc) is 2.79. The predicted molar refractivity (Wildman–Crippen MR) is 130 cm³/mol. The van der Waals surface area contributed by atoms with E-state index < -0.39 is 6.10 Å². The number of pyridine rings is 1. The molecule has 1 aromatic heterocycles. The molecule has 1 amide bonds. The molecule has 0 unspecified atom stereocenters. The molecule has 33 heavy (non-hydrogen) atoms. The number of para-hydroxylation sites is 1. The number of hydrogen-bond acceptors (Lipinski definition) is 6. The zero-order valence-electron chi connectivity index (χ0n) is 19.3. The van der Waals surface area contributed by atoms with Gasteiger partial charge in [-0.05, 0) is 50.1 Å². The number of nitrogens with one attached hydrogen (secondary N) is 1. The Balaban J connectivity index is 1.61. The number of aromatic nitrogens is 1. The van der Waals surface area contributed by atoms with Crippen molar-refractivity contribution < 1.29 is 15.0 Å². The molecule has 0 saturated carbocycles. The first-order valence-electron chi connectivity index (χ1n) is 10.9. The third-order valence-electron chi connectivity index (χ3n) is 5.53. The highest BCUT2D eigenvalue weighted by Gasteiger charge is 2.21. The number of phenolic OH excluding ortho intramolecular Hbond substituents is 1. The number of aliphatic hydroxyl groups excluding tert-OH is 1. The summed E-state index contributed by atoms with van der Waals surface area (Å²) in [6.07, 6.45) is 1.55. The molecule has 0 aliphatic rings. The van der Waals surface area contributed by atoms with Crippen molar-refractivity contribution in [1.82, 2.24) is 15.2 Å². The Labute approximate surface area is 194 Å². The Bertz CT molecular complexity index is 1080. The molecule has 1 atom stereocenters. The quantitative estimate of drug-likeness (QED) is 0.400. The van der Waals surface area contributed by atoms with Crippen LogP contribution in [0.3, 0.4) is 0 Å². The van der Waals surface area contributed by atoms with Gasteiger partial charge in [-0.1, -0.05) is 36.4 Å². The van der Waals surface area contributed by atoms with Crippen LogP contribution < -0.4 is 11.1 Å². The molecular weight excluding hydrogens is 416 g/mol. The van der Waals surface area contributed by atoms with Crippen LogP contribution in [0.1, 0.15) is 47.0 Å². The Morgan fingerprint density at radius 3 is 2.61 bits per heavy atom. The van der Waals surface area contributed by atoms with Crippen LogP contribution in [0, 0.1) is 0 Å². The van der Waals surface area contributed by atoms with Crippen molar-refractivity contribution >= 4 is 11.7 Å². The van der Waals surface area contributed by atoms with Crippen molar-refractivity contribution in [3.05, 3.63) is 89.1 Å². The van der Waals surface area contributed by atoms with Crippen LogP contribution in [0.25, 0.3) is 0 Å². The number of aliphatic hydroxyl groups is 1. The lowest BCUT2D eigenvalue weighted by Crippen LogP contribution is -2.43. The lowest BCUT2D eigenvalue weighted by atomic mass is 9.93. The molecule has 5 N–H and O–H groups in total. The van der Waals surface area contributed by atoms with Gasteiger partial charge in [0.05, 0.1) is 6.10 Å². The minimum Gasteiger partial charge on any atom is -0.508 e. The van der Waals surface area contributed by atoms with E-state index in [-0.39, 0.29) is 17.2 Å². The van der Waals surface area contributed by atoms with Crippen molar-refractivity contribution in [2.45, 2.75) is 38.5 Å². The van der Waals surface area contributed by atoms with Gasteiger partial charge in [-0.25, -0.2) is 4.98 Å². The van der Waals surface area contributed by atoms with Crippen molar-refractivity contribution in [3.8, 4) is 5.75 Å². The number of benzene rings is 2. The summed E-state index contributed by atoms with van der Waals surface area (Å²) >= 11 is 0. The molecule has 7 nitrogen and oxygen atoms in total. The van der Waals surface area contributed by atoms with Crippen LogP contribution in [0.15, 0.2) is 66.9 Å². The molecule has 0 spiro atoms. The SMILES string of the molecule is CN(Cc1ccccc1O)C(=O)c1cccc(CC(C)(C)NC[C@@H](O)c2ccc(N)nc2)c1. The first-order chi connectivity index (χ1) is 15.6. The molecule has 0 radical (unpaired) electrons. The zero-order chi connectivity index (χ0) is 24.0. The number of amides is 1. The molecule has 0 bridgehead atoms. The van der Waals surface area contributed by atoms with E-state index in [1.807, 2.05) is 24.3 Å². The number of anilines is 1. The lowest BCUT2D eigenvalue weighted by molar-refractivity contribution is 0.0784. The topological polar surface area (TPSA) is 112 Å². The molecule has 3 rings (SSSR count). The van der Waals surface area contributed by atoms with E-state index in [9.17, 15) is 15.0 Å². The molecule has 3 aromatic rings. The number of nitrogen functional groups attached to an aromatic ring is 1. The first kappa shape index (κ1) is 24.2. The van der Waals surface area contributed by atoms with Gasteiger partial charge in [0, 0.05) is 48.6 Å². The number of β-amino-alcohol motifs (C(OH)–C–C–N with tert-alkyl or cyclic N) is 1. The molecule has 2 aromatic carbocycles. The Kier molecular flexibility index (Phi) is 7.68. The number of rotatable bonds is 9. The summed E-state index contributed by atoms with van der Waals surface area (Å²) in [6.45, 7) is 4.79. The van der Waals surface area contributed by atoms with E-state index in [2.05, 4.69) is 24.1 Å². The van der Waals surface area contributed by atoms with Crippen LogP contribution in [0.4, 0.5) is 5.82 Å². The maximum atomic E-state index is 13.0. The van der Waals surface area contributed by atoms with Crippen molar-refractivity contribution in [3.63, 3.8) is 0 Å². The number of carbonyl (C=O) groups is 1. The second kappa shape index (κ2) is 10.5. The van der Waals surface area contributed by atoms with E-state index in [0.29, 0.717) is 42.0 Å². The van der Waals surface area contributed by atoms with Gasteiger partial charge in [-0.3, -0.25) is 4.79 Å². The van der Waals surface area contributed by atoms with Crippen molar-refractivity contribution in [2.75, 3.05) is 19.3 Å². The molecule has 1 heterocycles. The van der Waals surface area contributed by atoms with Crippen molar-refractivity contribution in [2.24, 2.45) is 0 Å². The predicted octanol–water partition coefficient (Wildman–Crippen LogP) is 3.29. The van der Waals surface area contributed by atoms with Crippen LogP contribution >= 0.6 is 0 Å². The second-order valence-electron chi connectivity index (χ2n) is 8.96. The van der Waals surface area contributed by atoms with Gasteiger partial charge in [-0.2, -0.15) is 0 Å². The largest absolute Gasteiger partial charge is 0.508 e. The minimum atomic E-state index is -0.701.